The quantitative estimate of drug-likeness (QED) is 0.0960. The summed E-state index contributed by atoms with van der Waals surface area (Å²) in [5.74, 6) is 5.60. The van der Waals surface area contributed by atoms with Crippen LogP contribution in [-0.4, -0.2) is 21.3 Å². The number of rotatable bonds is 5. The lowest BCUT2D eigenvalue weighted by Crippen LogP contribution is -2.33. The standard InChI is InChI=1S/C23H27IN6S/c1-15-13-16(2)22-19(10-12-30(22)31-24)20(15)14-29-11-4-3-5-21(29)17-6-8-18(9-7-17)23(27-25)28-26/h6-10,12-13,21,25H,3-5,11,14,26H2,1-2H3/b27-25?,28-23-. The molecule has 3 aromatic rings. The highest BCUT2D eigenvalue weighted by molar-refractivity contribution is 14.2. The van der Waals surface area contributed by atoms with Gasteiger partial charge in [0.05, 0.1) is 5.52 Å². The summed E-state index contributed by atoms with van der Waals surface area (Å²) >= 11 is 2.35. The van der Waals surface area contributed by atoms with E-state index in [4.69, 9.17) is 11.4 Å². The first-order chi connectivity index (χ1) is 15.1. The van der Waals surface area contributed by atoms with Gasteiger partial charge in [-0.05, 0) is 61.6 Å². The molecular weight excluding hydrogens is 519 g/mol. The van der Waals surface area contributed by atoms with E-state index in [0.717, 1.165) is 25.1 Å². The van der Waals surface area contributed by atoms with Crippen molar-refractivity contribution >= 4 is 47.1 Å². The number of benzene rings is 2. The number of hydrazone groups is 1. The van der Waals surface area contributed by atoms with Crippen molar-refractivity contribution in [1.29, 1.82) is 5.53 Å². The van der Waals surface area contributed by atoms with Crippen molar-refractivity contribution in [3.63, 3.8) is 0 Å². The van der Waals surface area contributed by atoms with Crippen molar-refractivity contribution in [2.24, 2.45) is 16.1 Å². The Hall–Kier alpha value is -1.91. The number of halogens is 1. The SMILES string of the molecule is Cc1cc(C)c2c(ccn2SI)c1CN1CCCCC1c1ccc(/C(N=N)=N/N)cc1. The first-order valence-corrected chi connectivity index (χ1v) is 13.8. The highest BCUT2D eigenvalue weighted by Crippen LogP contribution is 2.36. The number of hydrogen-bond donors (Lipinski definition) is 2. The Labute approximate surface area is 199 Å². The lowest BCUT2D eigenvalue weighted by atomic mass is 9.92. The Bertz CT molecular complexity index is 1120. The second-order valence-electron chi connectivity index (χ2n) is 8.13. The van der Waals surface area contributed by atoms with E-state index in [-0.39, 0.29) is 5.84 Å². The second kappa shape index (κ2) is 9.70. The third-order valence-corrected chi connectivity index (χ3v) is 8.02. The van der Waals surface area contributed by atoms with Crippen molar-refractivity contribution in [2.75, 3.05) is 6.54 Å². The third-order valence-electron chi connectivity index (χ3n) is 6.29. The highest BCUT2D eigenvalue weighted by atomic mass is 127. The van der Waals surface area contributed by atoms with Gasteiger partial charge in [-0.1, -0.05) is 36.8 Å². The van der Waals surface area contributed by atoms with Gasteiger partial charge in [-0.25, -0.2) is 5.53 Å². The number of nitrogens with two attached hydrogens (primary N) is 1. The molecule has 6 nitrogen and oxygen atoms in total. The lowest BCUT2D eigenvalue weighted by Gasteiger charge is -2.36. The molecule has 1 aliphatic rings. The van der Waals surface area contributed by atoms with Crippen LogP contribution < -0.4 is 5.84 Å². The van der Waals surface area contributed by atoms with Crippen LogP contribution in [0.1, 0.15) is 53.1 Å². The number of aryl methyl sites for hydroxylation is 2. The summed E-state index contributed by atoms with van der Waals surface area (Å²) in [6.07, 6.45) is 5.80. The molecule has 0 radical (unpaired) electrons. The van der Waals surface area contributed by atoms with Gasteiger partial charge in [0, 0.05) is 60.1 Å². The molecular formula is C23H27IN6S. The molecule has 0 amide bonds. The molecule has 2 heterocycles. The number of hydrogen-bond acceptors (Lipinski definition) is 5. The van der Waals surface area contributed by atoms with E-state index < -0.39 is 0 Å². The number of nitrogens with one attached hydrogen (secondary N) is 1. The number of aromatic nitrogens is 1. The second-order valence-corrected chi connectivity index (χ2v) is 9.84. The van der Waals surface area contributed by atoms with Gasteiger partial charge in [0.25, 0.3) is 0 Å². The normalized spacial score (nSPS) is 17.9. The van der Waals surface area contributed by atoms with Crippen LogP contribution >= 0.6 is 30.3 Å². The van der Waals surface area contributed by atoms with E-state index in [0.29, 0.717) is 6.04 Å². The summed E-state index contributed by atoms with van der Waals surface area (Å²) in [6, 6.07) is 13.2. The molecule has 1 fully saturated rings. The lowest BCUT2D eigenvalue weighted by molar-refractivity contribution is 0.141. The van der Waals surface area contributed by atoms with Gasteiger partial charge in [-0.3, -0.25) is 8.87 Å². The predicted octanol–water partition coefficient (Wildman–Crippen LogP) is 6.48. The fraction of sp³-hybridized carbons (Fsp3) is 0.348. The molecule has 0 bridgehead atoms. The molecule has 8 heteroatoms. The van der Waals surface area contributed by atoms with Crippen LogP contribution in [0, 0.1) is 19.4 Å². The molecule has 1 atom stereocenters. The van der Waals surface area contributed by atoms with Gasteiger partial charge in [0.1, 0.15) is 0 Å². The van der Waals surface area contributed by atoms with Gasteiger partial charge in [0.2, 0.25) is 0 Å². The maximum absolute atomic E-state index is 7.22. The van der Waals surface area contributed by atoms with E-state index >= 15 is 0 Å². The molecule has 2 aromatic carbocycles. The van der Waals surface area contributed by atoms with Gasteiger partial charge in [-0.2, -0.15) is 5.10 Å². The minimum Gasteiger partial charge on any atom is -0.321 e. The van der Waals surface area contributed by atoms with Gasteiger partial charge >= 0.3 is 0 Å². The zero-order valence-electron chi connectivity index (χ0n) is 17.8. The molecule has 0 spiro atoms. The zero-order chi connectivity index (χ0) is 22.0. The van der Waals surface area contributed by atoms with Crippen LogP contribution in [0.2, 0.25) is 0 Å². The summed E-state index contributed by atoms with van der Waals surface area (Å²) in [7, 11) is 1.72. The van der Waals surface area contributed by atoms with Crippen LogP contribution in [0.3, 0.4) is 0 Å². The van der Waals surface area contributed by atoms with Crippen molar-refractivity contribution in [1.82, 2.24) is 8.87 Å². The number of nitrogens with zero attached hydrogens (tertiary/aromatic N) is 4. The minimum atomic E-state index is 0.252. The summed E-state index contributed by atoms with van der Waals surface area (Å²) in [6.45, 7) is 6.49. The number of piperidine rings is 1. The van der Waals surface area contributed by atoms with Crippen molar-refractivity contribution in [3.8, 4) is 0 Å². The van der Waals surface area contributed by atoms with Crippen LogP contribution in [0.25, 0.3) is 10.9 Å². The largest absolute Gasteiger partial charge is 0.321 e. The number of likely N-dealkylation sites (tertiary alicyclic amines) is 1. The molecule has 1 aliphatic heterocycles. The molecule has 1 aromatic heterocycles. The Balaban J connectivity index is 1.66. The Morgan fingerprint density at radius 3 is 2.65 bits per heavy atom. The maximum Gasteiger partial charge on any atom is 0.199 e. The smallest absolute Gasteiger partial charge is 0.199 e. The molecule has 4 rings (SSSR count). The van der Waals surface area contributed by atoms with E-state index in [1.807, 2.05) is 12.1 Å². The Morgan fingerprint density at radius 1 is 1.19 bits per heavy atom. The highest BCUT2D eigenvalue weighted by Gasteiger charge is 2.25. The zero-order valence-corrected chi connectivity index (χ0v) is 20.8. The van der Waals surface area contributed by atoms with E-state index in [2.05, 4.69) is 84.6 Å². The van der Waals surface area contributed by atoms with Gasteiger partial charge in [-0.15, -0.1) is 5.11 Å². The summed E-state index contributed by atoms with van der Waals surface area (Å²) < 4.78 is 2.26. The topological polar surface area (TPSA) is 82.8 Å². The average molecular weight is 546 g/mol. The monoisotopic (exact) mass is 546 g/mol. The van der Waals surface area contributed by atoms with Crippen molar-refractivity contribution < 1.29 is 0 Å². The number of amidine groups is 1. The van der Waals surface area contributed by atoms with Crippen LogP contribution in [0.5, 0.6) is 0 Å². The molecule has 1 saturated heterocycles. The van der Waals surface area contributed by atoms with Crippen LogP contribution in [0.15, 0.2) is 52.8 Å². The first kappa shape index (κ1) is 22.3. The van der Waals surface area contributed by atoms with E-state index in [1.165, 1.54) is 46.0 Å². The number of fused-ring (bicyclic) bond motifs is 1. The average Bonchev–Trinajstić information content (AvgIpc) is 3.23. The third kappa shape index (κ3) is 4.38. The summed E-state index contributed by atoms with van der Waals surface area (Å²) in [4.78, 5) is 2.62. The fourth-order valence-electron chi connectivity index (χ4n) is 4.79. The fourth-order valence-corrected chi connectivity index (χ4v) is 6.19. The molecule has 162 valence electrons. The van der Waals surface area contributed by atoms with E-state index in [1.54, 1.807) is 9.12 Å². The van der Waals surface area contributed by atoms with Crippen LogP contribution in [0.4, 0.5) is 0 Å². The summed E-state index contributed by atoms with van der Waals surface area (Å²) in [5.41, 5.74) is 14.7. The first-order valence-electron chi connectivity index (χ1n) is 10.5. The Morgan fingerprint density at radius 2 is 1.97 bits per heavy atom. The molecule has 1 unspecified atom stereocenters. The minimum absolute atomic E-state index is 0.252. The van der Waals surface area contributed by atoms with Gasteiger partial charge in [0.15, 0.2) is 5.84 Å². The van der Waals surface area contributed by atoms with Crippen LogP contribution in [-0.2, 0) is 6.54 Å². The molecule has 0 saturated carbocycles. The molecule has 0 aliphatic carbocycles. The predicted molar refractivity (Wildman–Crippen MR) is 138 cm³/mol. The van der Waals surface area contributed by atoms with Crippen molar-refractivity contribution in [2.45, 2.75) is 45.7 Å². The Kier molecular flexibility index (Phi) is 6.98. The van der Waals surface area contributed by atoms with Crippen molar-refractivity contribution in [3.05, 3.63) is 70.4 Å². The van der Waals surface area contributed by atoms with Gasteiger partial charge < -0.3 is 5.84 Å². The molecule has 3 N–H and O–H groups in total. The van der Waals surface area contributed by atoms with E-state index in [9.17, 15) is 0 Å². The molecule has 31 heavy (non-hydrogen) atoms. The summed E-state index contributed by atoms with van der Waals surface area (Å²) in [5, 5.41) is 8.36. The maximum atomic E-state index is 7.22.